The molecule has 0 fully saturated rings. The van der Waals surface area contributed by atoms with Crippen LogP contribution in [0.4, 0.5) is 11.4 Å². The molecule has 2 N–H and O–H groups in total. The largest absolute Gasteiger partial charge is 0.350 e. The summed E-state index contributed by atoms with van der Waals surface area (Å²) in [5.41, 5.74) is 2.93. The number of rotatable bonds is 9. The van der Waals surface area contributed by atoms with Gasteiger partial charge in [0.1, 0.15) is 6.54 Å². The molecule has 0 aliphatic carbocycles. The van der Waals surface area contributed by atoms with Crippen LogP contribution in [0.1, 0.15) is 41.8 Å². The molecule has 0 saturated heterocycles. The molecular weight excluding hydrogens is 462 g/mol. The lowest BCUT2D eigenvalue weighted by molar-refractivity contribution is -0.114. The highest BCUT2D eigenvalue weighted by molar-refractivity contribution is 7.92. The maximum Gasteiger partial charge on any atom is 0.264 e. The molecule has 0 aromatic heterocycles. The van der Waals surface area contributed by atoms with E-state index in [9.17, 15) is 18.0 Å². The topological polar surface area (TPSA) is 95.6 Å². The van der Waals surface area contributed by atoms with Crippen LogP contribution in [-0.4, -0.2) is 32.8 Å². The summed E-state index contributed by atoms with van der Waals surface area (Å²) in [6.45, 7) is 7.23. The predicted octanol–water partition coefficient (Wildman–Crippen LogP) is 4.67. The molecule has 35 heavy (non-hydrogen) atoms. The Morgan fingerprint density at radius 2 is 1.57 bits per heavy atom. The second-order valence-electron chi connectivity index (χ2n) is 8.47. The van der Waals surface area contributed by atoms with Crippen molar-refractivity contribution in [2.75, 3.05) is 16.2 Å². The van der Waals surface area contributed by atoms with Crippen molar-refractivity contribution in [3.8, 4) is 0 Å². The number of benzene rings is 3. The van der Waals surface area contributed by atoms with E-state index in [2.05, 4.69) is 10.6 Å². The Hall–Kier alpha value is -3.65. The molecule has 0 aliphatic heterocycles. The number of carbonyl (C=O) groups is 2. The molecule has 1 atom stereocenters. The minimum atomic E-state index is -4.02. The molecule has 2 amide bonds. The third kappa shape index (κ3) is 6.27. The van der Waals surface area contributed by atoms with Gasteiger partial charge in [-0.25, -0.2) is 8.42 Å². The summed E-state index contributed by atoms with van der Waals surface area (Å²) >= 11 is 0. The zero-order valence-electron chi connectivity index (χ0n) is 20.4. The Morgan fingerprint density at radius 3 is 2.23 bits per heavy atom. The number of carbonyl (C=O) groups excluding carboxylic acids is 2. The number of sulfonamides is 1. The fourth-order valence-corrected chi connectivity index (χ4v) is 4.86. The molecule has 7 nitrogen and oxygen atoms in total. The van der Waals surface area contributed by atoms with Gasteiger partial charge in [0.15, 0.2) is 0 Å². The Kier molecular flexibility index (Phi) is 8.30. The van der Waals surface area contributed by atoms with Crippen LogP contribution in [0.3, 0.4) is 0 Å². The van der Waals surface area contributed by atoms with Crippen LogP contribution in [0.2, 0.25) is 0 Å². The minimum absolute atomic E-state index is 0.0254. The van der Waals surface area contributed by atoms with Crippen LogP contribution in [0.25, 0.3) is 0 Å². The van der Waals surface area contributed by atoms with Gasteiger partial charge in [-0.15, -0.1) is 0 Å². The van der Waals surface area contributed by atoms with E-state index in [4.69, 9.17) is 0 Å². The van der Waals surface area contributed by atoms with Crippen LogP contribution in [0.5, 0.6) is 0 Å². The summed E-state index contributed by atoms with van der Waals surface area (Å²) < 4.78 is 28.1. The maximum absolute atomic E-state index is 13.5. The molecule has 3 aromatic carbocycles. The van der Waals surface area contributed by atoms with Crippen molar-refractivity contribution in [3.63, 3.8) is 0 Å². The van der Waals surface area contributed by atoms with Crippen LogP contribution < -0.4 is 14.9 Å². The minimum Gasteiger partial charge on any atom is -0.350 e. The summed E-state index contributed by atoms with van der Waals surface area (Å²) in [5.74, 6) is -0.871. The number of hydrogen-bond acceptors (Lipinski definition) is 4. The molecule has 0 aliphatic rings. The average molecular weight is 494 g/mol. The van der Waals surface area contributed by atoms with Crippen molar-refractivity contribution in [3.05, 3.63) is 89.5 Å². The first-order valence-electron chi connectivity index (χ1n) is 11.5. The van der Waals surface area contributed by atoms with Gasteiger partial charge in [-0.05, 0) is 74.7 Å². The maximum atomic E-state index is 13.5. The fraction of sp³-hybridized carbons (Fsp3) is 0.259. The number of amides is 2. The van der Waals surface area contributed by atoms with Crippen molar-refractivity contribution in [1.82, 2.24) is 5.32 Å². The number of anilines is 2. The predicted molar refractivity (Wildman–Crippen MR) is 139 cm³/mol. The first-order chi connectivity index (χ1) is 16.6. The highest BCUT2D eigenvalue weighted by Gasteiger charge is 2.28. The third-order valence-corrected chi connectivity index (χ3v) is 7.62. The smallest absolute Gasteiger partial charge is 0.264 e. The molecule has 0 unspecified atom stereocenters. The van der Waals surface area contributed by atoms with Crippen molar-refractivity contribution in [2.24, 2.45) is 0 Å². The third-order valence-electron chi connectivity index (χ3n) is 5.83. The molecule has 0 spiro atoms. The van der Waals surface area contributed by atoms with Crippen LogP contribution >= 0.6 is 0 Å². The van der Waals surface area contributed by atoms with Crippen molar-refractivity contribution in [1.29, 1.82) is 0 Å². The summed E-state index contributed by atoms with van der Waals surface area (Å²) in [7, 11) is -4.02. The summed E-state index contributed by atoms with van der Waals surface area (Å²) in [6.07, 6.45) is 0.766. The van der Waals surface area contributed by atoms with E-state index in [1.807, 2.05) is 33.8 Å². The monoisotopic (exact) mass is 493 g/mol. The normalized spacial score (nSPS) is 12.0. The van der Waals surface area contributed by atoms with Gasteiger partial charge >= 0.3 is 0 Å². The molecule has 0 saturated carbocycles. The molecule has 3 aromatic rings. The van der Waals surface area contributed by atoms with Gasteiger partial charge in [0.05, 0.1) is 21.8 Å². The van der Waals surface area contributed by atoms with Crippen LogP contribution in [0, 0.1) is 13.8 Å². The van der Waals surface area contributed by atoms with Gasteiger partial charge in [-0.2, -0.15) is 0 Å². The van der Waals surface area contributed by atoms with E-state index in [-0.39, 0.29) is 16.8 Å². The van der Waals surface area contributed by atoms with Gasteiger partial charge in [0, 0.05) is 6.04 Å². The quantitative estimate of drug-likeness (QED) is 0.453. The number of aryl methyl sites for hydroxylation is 2. The van der Waals surface area contributed by atoms with Gasteiger partial charge in [0.25, 0.3) is 15.9 Å². The SMILES string of the molecule is CC[C@@H](C)NC(=O)c1ccccc1NC(=O)CN(c1ccc(C)c(C)c1)S(=O)(=O)c1ccccc1. The molecule has 0 radical (unpaired) electrons. The Morgan fingerprint density at radius 1 is 0.914 bits per heavy atom. The highest BCUT2D eigenvalue weighted by atomic mass is 32.2. The number of nitrogens with one attached hydrogen (secondary N) is 2. The van der Waals surface area contributed by atoms with E-state index < -0.39 is 22.5 Å². The fourth-order valence-electron chi connectivity index (χ4n) is 3.43. The molecule has 0 heterocycles. The molecular formula is C27H31N3O4S. The van der Waals surface area contributed by atoms with E-state index in [0.717, 1.165) is 21.9 Å². The summed E-state index contributed by atoms with van der Waals surface area (Å²) in [4.78, 5) is 25.9. The van der Waals surface area contributed by atoms with E-state index in [1.54, 1.807) is 54.6 Å². The first-order valence-corrected chi connectivity index (χ1v) is 12.9. The molecule has 0 bridgehead atoms. The van der Waals surface area contributed by atoms with Gasteiger partial charge in [-0.3, -0.25) is 13.9 Å². The average Bonchev–Trinajstić information content (AvgIpc) is 2.85. The molecule has 184 valence electrons. The number of nitrogens with zero attached hydrogens (tertiary/aromatic N) is 1. The second-order valence-corrected chi connectivity index (χ2v) is 10.3. The molecule has 8 heteroatoms. The van der Waals surface area contributed by atoms with Gasteiger partial charge < -0.3 is 10.6 Å². The number of hydrogen-bond donors (Lipinski definition) is 2. The summed E-state index contributed by atoms with van der Waals surface area (Å²) in [6, 6.07) is 19.9. The zero-order chi connectivity index (χ0) is 25.6. The number of para-hydroxylation sites is 1. The first kappa shape index (κ1) is 26.0. The van der Waals surface area contributed by atoms with E-state index in [0.29, 0.717) is 16.9 Å². The van der Waals surface area contributed by atoms with E-state index >= 15 is 0 Å². The van der Waals surface area contributed by atoms with E-state index in [1.165, 1.54) is 12.1 Å². The Bertz CT molecular complexity index is 1310. The van der Waals surface area contributed by atoms with Crippen LogP contribution in [-0.2, 0) is 14.8 Å². The highest BCUT2D eigenvalue weighted by Crippen LogP contribution is 2.26. The van der Waals surface area contributed by atoms with Gasteiger partial charge in [0.2, 0.25) is 5.91 Å². The van der Waals surface area contributed by atoms with Gasteiger partial charge in [-0.1, -0.05) is 43.3 Å². The summed E-state index contributed by atoms with van der Waals surface area (Å²) in [5, 5.41) is 5.61. The second kappa shape index (κ2) is 11.2. The molecule has 3 rings (SSSR count). The standard InChI is InChI=1S/C27H31N3O4S/c1-5-21(4)28-27(32)24-13-9-10-14-25(24)29-26(31)18-30(22-16-15-19(2)20(3)17-22)35(33,34)23-11-7-6-8-12-23/h6-17,21H,5,18H2,1-4H3,(H,28,32)(H,29,31)/t21-/m1/s1. The lowest BCUT2D eigenvalue weighted by atomic mass is 10.1. The zero-order valence-corrected chi connectivity index (χ0v) is 21.2. The Balaban J connectivity index is 1.93. The van der Waals surface area contributed by atoms with Crippen molar-refractivity contribution in [2.45, 2.75) is 45.1 Å². The lowest BCUT2D eigenvalue weighted by Crippen LogP contribution is -2.38. The van der Waals surface area contributed by atoms with Crippen LogP contribution in [0.15, 0.2) is 77.7 Å². The Labute approximate surface area is 207 Å². The van der Waals surface area contributed by atoms with Crippen molar-refractivity contribution >= 4 is 33.2 Å². The van der Waals surface area contributed by atoms with Crippen molar-refractivity contribution < 1.29 is 18.0 Å². The lowest BCUT2D eigenvalue weighted by Gasteiger charge is -2.25.